The smallest absolute Gasteiger partial charge is 0.462 e. The molecule has 10 heteroatoms. The quantitative estimate of drug-likeness (QED) is 0.0264. The normalized spacial score (nSPS) is 13.0. The van der Waals surface area contributed by atoms with Gasteiger partial charge in [-0.3, -0.25) is 18.6 Å². The Kier molecular flexibility index (Phi) is 59.9. The van der Waals surface area contributed by atoms with Crippen LogP contribution in [0.2, 0.25) is 0 Å². The van der Waals surface area contributed by atoms with Gasteiger partial charge in [-0.1, -0.05) is 315 Å². The van der Waals surface area contributed by atoms with E-state index in [1.54, 1.807) is 0 Å². The number of ether oxygens (including phenoxy) is 2. The molecule has 0 aliphatic heterocycles. The lowest BCUT2D eigenvalue weighted by Gasteiger charge is -2.19. The van der Waals surface area contributed by atoms with Gasteiger partial charge in [0.05, 0.1) is 13.2 Å². The van der Waals surface area contributed by atoms with Crippen LogP contribution in [0, 0.1) is 0 Å². The molecule has 0 saturated heterocycles. The third-order valence-corrected chi connectivity index (χ3v) is 15.9. The number of carbonyl (C=O) groups is 2. The zero-order valence-corrected chi connectivity index (χ0v) is 50.3. The van der Waals surface area contributed by atoms with Gasteiger partial charge in [0.2, 0.25) is 0 Å². The van der Waals surface area contributed by atoms with E-state index in [1.165, 1.54) is 289 Å². The van der Waals surface area contributed by atoms with Crippen LogP contribution in [0.25, 0.3) is 0 Å². The summed E-state index contributed by atoms with van der Waals surface area (Å²) in [5.41, 5.74) is 5.39. The number of hydrogen-bond acceptors (Lipinski definition) is 8. The Morgan fingerprint density at radius 2 is 0.662 bits per heavy atom. The summed E-state index contributed by atoms with van der Waals surface area (Å²) in [7, 11) is -4.38. The van der Waals surface area contributed by atoms with Gasteiger partial charge in [-0.15, -0.1) is 0 Å². The summed E-state index contributed by atoms with van der Waals surface area (Å²) >= 11 is 0. The van der Waals surface area contributed by atoms with Crippen LogP contribution in [-0.4, -0.2) is 49.3 Å². The number of hydrogen-bond donors (Lipinski definition) is 2. The van der Waals surface area contributed by atoms with Crippen molar-refractivity contribution in [1.29, 1.82) is 0 Å². The first-order chi connectivity index (χ1) is 36.3. The van der Waals surface area contributed by atoms with Gasteiger partial charge in [0.15, 0.2) is 6.10 Å². The minimum Gasteiger partial charge on any atom is -0.462 e. The third kappa shape index (κ3) is 60.0. The summed E-state index contributed by atoms with van der Waals surface area (Å²) in [4.78, 5) is 35.2. The SMILES string of the molecule is CCCCCCCCCC/C=C\CCCCCCCCCCCCCCCCCCCCCCCCCCCC(=O)OC(COC(=O)CCCCCCCCCCCCCCCCCC)COP(=O)(O)OCCN. The summed E-state index contributed by atoms with van der Waals surface area (Å²) in [6.45, 7) is 3.81. The van der Waals surface area contributed by atoms with Crippen molar-refractivity contribution in [1.82, 2.24) is 0 Å². The Morgan fingerprint density at radius 1 is 0.392 bits per heavy atom. The predicted octanol–water partition coefficient (Wildman–Crippen LogP) is 20.8. The average Bonchev–Trinajstić information content (AvgIpc) is 3.39. The van der Waals surface area contributed by atoms with Crippen LogP contribution in [0.4, 0.5) is 0 Å². The minimum atomic E-state index is -4.38. The van der Waals surface area contributed by atoms with Crippen LogP contribution < -0.4 is 5.73 Å². The van der Waals surface area contributed by atoms with Crippen molar-refractivity contribution < 1.29 is 37.6 Å². The molecule has 0 aliphatic rings. The Hall–Kier alpha value is -1.25. The molecule has 2 atom stereocenters. The number of allylic oxidation sites excluding steroid dienone is 2. The first kappa shape index (κ1) is 72.8. The molecule has 0 heterocycles. The molecule has 440 valence electrons. The van der Waals surface area contributed by atoms with Crippen LogP contribution >= 0.6 is 7.82 Å². The number of unbranched alkanes of at least 4 members (excludes halogenated alkanes) is 48. The predicted molar refractivity (Wildman–Crippen MR) is 317 cm³/mol. The molecule has 0 bridgehead atoms. The van der Waals surface area contributed by atoms with Crippen molar-refractivity contribution in [3.63, 3.8) is 0 Å². The molecule has 2 unspecified atom stereocenters. The van der Waals surface area contributed by atoms with Gasteiger partial charge < -0.3 is 20.1 Å². The monoisotopic (exact) mass is 1070 g/mol. The lowest BCUT2D eigenvalue weighted by Crippen LogP contribution is -2.29. The second-order valence-electron chi connectivity index (χ2n) is 22.3. The summed E-state index contributed by atoms with van der Waals surface area (Å²) in [5.74, 6) is -0.804. The average molecular weight is 1070 g/mol. The molecular formula is C64H126NO8P. The van der Waals surface area contributed by atoms with Crippen LogP contribution in [0.1, 0.15) is 354 Å². The standard InChI is InChI=1S/C64H126NO8P/c1-3-5-7-9-11-13-15-17-19-21-22-23-24-25-26-27-28-29-30-31-32-33-34-35-36-37-38-39-40-41-43-45-47-49-51-53-55-57-64(67)73-62(61-72-74(68,69)71-59-58-65)60-70-63(66)56-54-52-50-48-46-44-42-20-18-16-14-12-10-8-6-4-2/h21-22,62H,3-20,23-61,65H2,1-2H3,(H,68,69)/b22-21-. The molecule has 0 fully saturated rings. The first-order valence-corrected chi connectivity index (χ1v) is 34.2. The minimum absolute atomic E-state index is 0.0579. The molecule has 3 N–H and O–H groups in total. The van der Waals surface area contributed by atoms with Crippen LogP contribution in [0.3, 0.4) is 0 Å². The number of carbonyl (C=O) groups excluding carboxylic acids is 2. The molecule has 0 radical (unpaired) electrons. The number of phosphoric ester groups is 1. The molecule has 0 spiro atoms. The second-order valence-corrected chi connectivity index (χ2v) is 23.8. The van der Waals surface area contributed by atoms with E-state index in [9.17, 15) is 19.0 Å². The zero-order valence-electron chi connectivity index (χ0n) is 49.4. The van der Waals surface area contributed by atoms with Crippen molar-refractivity contribution in [2.75, 3.05) is 26.4 Å². The van der Waals surface area contributed by atoms with Crippen molar-refractivity contribution in [2.24, 2.45) is 5.73 Å². The molecule has 0 amide bonds. The highest BCUT2D eigenvalue weighted by Gasteiger charge is 2.26. The van der Waals surface area contributed by atoms with Crippen molar-refractivity contribution in [3.05, 3.63) is 12.2 Å². The van der Waals surface area contributed by atoms with E-state index in [2.05, 4.69) is 26.0 Å². The van der Waals surface area contributed by atoms with Gasteiger partial charge in [-0.2, -0.15) is 0 Å². The van der Waals surface area contributed by atoms with E-state index >= 15 is 0 Å². The van der Waals surface area contributed by atoms with Gasteiger partial charge in [-0.05, 0) is 38.5 Å². The zero-order chi connectivity index (χ0) is 53.8. The number of esters is 2. The summed E-state index contributed by atoms with van der Waals surface area (Å²) in [6, 6.07) is 0. The molecule has 9 nitrogen and oxygen atoms in total. The van der Waals surface area contributed by atoms with Crippen molar-refractivity contribution in [3.8, 4) is 0 Å². The van der Waals surface area contributed by atoms with Crippen LogP contribution in [-0.2, 0) is 32.7 Å². The lowest BCUT2D eigenvalue weighted by molar-refractivity contribution is -0.161. The maximum absolute atomic E-state index is 12.7. The molecular weight excluding hydrogens is 942 g/mol. The first-order valence-electron chi connectivity index (χ1n) is 32.7. The topological polar surface area (TPSA) is 134 Å². The van der Waals surface area contributed by atoms with E-state index in [0.29, 0.717) is 6.42 Å². The summed E-state index contributed by atoms with van der Waals surface area (Å²) in [6.07, 6.45) is 71.7. The maximum Gasteiger partial charge on any atom is 0.472 e. The Bertz CT molecular complexity index is 1220. The van der Waals surface area contributed by atoms with Gasteiger partial charge in [0, 0.05) is 19.4 Å². The molecule has 0 saturated carbocycles. The van der Waals surface area contributed by atoms with Gasteiger partial charge >= 0.3 is 19.8 Å². The van der Waals surface area contributed by atoms with Gasteiger partial charge in [0.1, 0.15) is 6.61 Å². The van der Waals surface area contributed by atoms with E-state index in [0.717, 1.165) is 32.1 Å². The molecule has 74 heavy (non-hydrogen) atoms. The largest absolute Gasteiger partial charge is 0.472 e. The summed E-state index contributed by atoms with van der Waals surface area (Å²) < 4.78 is 33.1. The number of rotatable bonds is 63. The Morgan fingerprint density at radius 3 is 0.959 bits per heavy atom. The Labute approximate surface area is 460 Å². The second kappa shape index (κ2) is 61.0. The van der Waals surface area contributed by atoms with E-state index in [1.807, 2.05) is 0 Å². The van der Waals surface area contributed by atoms with Crippen molar-refractivity contribution in [2.45, 2.75) is 360 Å². The van der Waals surface area contributed by atoms with Gasteiger partial charge in [0.25, 0.3) is 0 Å². The third-order valence-electron chi connectivity index (χ3n) is 14.9. The molecule has 0 rings (SSSR count). The molecule has 0 aliphatic carbocycles. The van der Waals surface area contributed by atoms with Crippen LogP contribution in [0.5, 0.6) is 0 Å². The van der Waals surface area contributed by atoms with Gasteiger partial charge in [-0.25, -0.2) is 4.57 Å². The van der Waals surface area contributed by atoms with E-state index in [-0.39, 0.29) is 38.6 Å². The molecule has 0 aromatic carbocycles. The molecule has 0 aromatic rings. The highest BCUT2D eigenvalue weighted by molar-refractivity contribution is 7.47. The number of nitrogens with two attached hydrogens (primary N) is 1. The summed E-state index contributed by atoms with van der Waals surface area (Å²) in [5, 5.41) is 0. The van der Waals surface area contributed by atoms with Crippen LogP contribution in [0.15, 0.2) is 12.2 Å². The number of phosphoric acid groups is 1. The Balaban J connectivity index is 3.75. The maximum atomic E-state index is 12.7. The lowest BCUT2D eigenvalue weighted by atomic mass is 10.0. The fourth-order valence-electron chi connectivity index (χ4n) is 10.0. The van der Waals surface area contributed by atoms with E-state index in [4.69, 9.17) is 24.3 Å². The molecule has 0 aromatic heterocycles. The highest BCUT2D eigenvalue weighted by Crippen LogP contribution is 2.43. The fourth-order valence-corrected chi connectivity index (χ4v) is 10.8. The fraction of sp³-hybridized carbons (Fsp3) is 0.938. The van der Waals surface area contributed by atoms with E-state index < -0.39 is 26.5 Å². The van der Waals surface area contributed by atoms with Crippen molar-refractivity contribution >= 4 is 19.8 Å². The highest BCUT2D eigenvalue weighted by atomic mass is 31.2.